The first-order valence-corrected chi connectivity index (χ1v) is 3.94. The van der Waals surface area contributed by atoms with Crippen LogP contribution in [-0.2, 0) is 0 Å². The van der Waals surface area contributed by atoms with E-state index in [4.69, 9.17) is 5.14 Å². The minimum absolute atomic E-state index is 0.777. The predicted octanol–water partition coefficient (Wildman–Crippen LogP) is 0.546. The van der Waals surface area contributed by atoms with Crippen LogP contribution in [0.1, 0.15) is 0 Å². The second kappa shape index (κ2) is 3.00. The third-order valence-corrected chi connectivity index (χ3v) is 2.28. The molecule has 0 atom stereocenters. The Hall–Kier alpha value is -0.330. The monoisotopic (exact) mass is 162 g/mol. The van der Waals surface area contributed by atoms with Gasteiger partial charge in [-0.25, -0.2) is 0 Å². The van der Waals surface area contributed by atoms with E-state index >= 15 is 0 Å². The summed E-state index contributed by atoms with van der Waals surface area (Å²) in [6.07, 6.45) is 0. The number of anilines is 1. The third-order valence-electron chi connectivity index (χ3n) is 0.721. The van der Waals surface area contributed by atoms with Crippen molar-refractivity contribution in [2.75, 3.05) is 12.4 Å². The maximum absolute atomic E-state index is 5.21. The van der Waals surface area contributed by atoms with Gasteiger partial charge in [0, 0.05) is 7.05 Å². The summed E-state index contributed by atoms with van der Waals surface area (Å²) >= 11 is 2.55. The minimum atomic E-state index is 0.777. The highest BCUT2D eigenvalue weighted by Crippen LogP contribution is 2.20. The number of rotatable bonds is 2. The van der Waals surface area contributed by atoms with E-state index < -0.39 is 0 Å². The molecule has 1 rings (SSSR count). The van der Waals surface area contributed by atoms with Crippen molar-refractivity contribution in [3.8, 4) is 0 Å². The van der Waals surface area contributed by atoms with E-state index in [-0.39, 0.29) is 0 Å². The molecule has 0 aromatic carbocycles. The Labute approximate surface area is 61.0 Å². The SMILES string of the molecule is CNc1nnc(SN)s1. The Morgan fingerprint density at radius 3 is 2.78 bits per heavy atom. The molecule has 6 heteroatoms. The Morgan fingerprint density at radius 1 is 1.67 bits per heavy atom. The summed E-state index contributed by atoms with van der Waals surface area (Å²) in [6.45, 7) is 0. The fraction of sp³-hybridized carbons (Fsp3) is 0.333. The molecule has 1 heterocycles. The average Bonchev–Trinajstić information content (AvgIpc) is 2.34. The zero-order valence-electron chi connectivity index (χ0n) is 4.79. The van der Waals surface area contributed by atoms with Crippen LogP contribution < -0.4 is 10.5 Å². The summed E-state index contributed by atoms with van der Waals surface area (Å²) in [7, 11) is 1.80. The van der Waals surface area contributed by atoms with Gasteiger partial charge in [-0.15, -0.1) is 10.2 Å². The maximum Gasteiger partial charge on any atom is 0.206 e. The minimum Gasteiger partial charge on any atom is -0.363 e. The summed E-state index contributed by atoms with van der Waals surface area (Å²) in [5.74, 6) is 0. The molecule has 0 saturated carbocycles. The molecule has 0 saturated heterocycles. The Balaban J connectivity index is 2.74. The van der Waals surface area contributed by atoms with Crippen LogP contribution in [0.25, 0.3) is 0 Å². The molecule has 0 spiro atoms. The van der Waals surface area contributed by atoms with Crippen LogP contribution in [0.5, 0.6) is 0 Å². The van der Waals surface area contributed by atoms with Gasteiger partial charge in [-0.05, 0) is 11.9 Å². The van der Waals surface area contributed by atoms with Crippen LogP contribution in [0, 0.1) is 0 Å². The van der Waals surface area contributed by atoms with Crippen LogP contribution in [0.4, 0.5) is 5.13 Å². The van der Waals surface area contributed by atoms with E-state index in [1.165, 1.54) is 11.3 Å². The van der Waals surface area contributed by atoms with Crippen LogP contribution in [0.2, 0.25) is 0 Å². The average molecular weight is 162 g/mol. The molecular weight excluding hydrogens is 156 g/mol. The van der Waals surface area contributed by atoms with Crippen LogP contribution in [0.3, 0.4) is 0 Å². The van der Waals surface area contributed by atoms with Gasteiger partial charge in [-0.3, -0.25) is 5.14 Å². The fourth-order valence-corrected chi connectivity index (χ4v) is 1.31. The van der Waals surface area contributed by atoms with Crippen LogP contribution in [-0.4, -0.2) is 17.2 Å². The topological polar surface area (TPSA) is 63.8 Å². The zero-order valence-corrected chi connectivity index (χ0v) is 6.42. The Kier molecular flexibility index (Phi) is 2.26. The number of nitrogens with two attached hydrogens (primary N) is 1. The van der Waals surface area contributed by atoms with E-state index in [0.29, 0.717) is 0 Å². The van der Waals surface area contributed by atoms with Gasteiger partial charge in [0.15, 0.2) is 4.34 Å². The van der Waals surface area contributed by atoms with Crippen molar-refractivity contribution in [2.45, 2.75) is 4.34 Å². The number of hydrogen-bond acceptors (Lipinski definition) is 6. The smallest absolute Gasteiger partial charge is 0.206 e. The Morgan fingerprint density at radius 2 is 2.44 bits per heavy atom. The van der Waals surface area contributed by atoms with E-state index in [2.05, 4.69) is 15.5 Å². The molecule has 0 aliphatic heterocycles. The molecule has 1 aromatic rings. The molecule has 0 aliphatic carbocycles. The molecule has 0 bridgehead atoms. The molecule has 4 nitrogen and oxygen atoms in total. The normalized spacial score (nSPS) is 9.56. The fourth-order valence-electron chi connectivity index (χ4n) is 0.358. The van der Waals surface area contributed by atoms with Gasteiger partial charge < -0.3 is 5.32 Å². The molecule has 0 amide bonds. The van der Waals surface area contributed by atoms with Gasteiger partial charge in [-0.2, -0.15) is 0 Å². The Bertz CT molecular complexity index is 167. The first-order valence-electron chi connectivity index (χ1n) is 2.25. The van der Waals surface area contributed by atoms with Crippen molar-refractivity contribution in [2.24, 2.45) is 5.14 Å². The maximum atomic E-state index is 5.21. The van der Waals surface area contributed by atoms with Gasteiger partial charge in [0.1, 0.15) is 0 Å². The molecule has 0 aliphatic rings. The van der Waals surface area contributed by atoms with Crippen molar-refractivity contribution in [3.05, 3.63) is 0 Å². The second-order valence-corrected chi connectivity index (χ2v) is 3.10. The molecule has 9 heavy (non-hydrogen) atoms. The summed E-state index contributed by atoms with van der Waals surface area (Å²) < 4.78 is 0.777. The van der Waals surface area contributed by atoms with Crippen molar-refractivity contribution in [3.63, 3.8) is 0 Å². The lowest BCUT2D eigenvalue weighted by molar-refractivity contribution is 1.01. The zero-order chi connectivity index (χ0) is 6.69. The van der Waals surface area contributed by atoms with E-state index in [0.717, 1.165) is 21.4 Å². The highest BCUT2D eigenvalue weighted by molar-refractivity contribution is 7.98. The molecule has 50 valence electrons. The largest absolute Gasteiger partial charge is 0.363 e. The van der Waals surface area contributed by atoms with Gasteiger partial charge in [0.05, 0.1) is 0 Å². The lowest BCUT2D eigenvalue weighted by Gasteiger charge is -1.83. The summed E-state index contributed by atoms with van der Waals surface area (Å²) in [5.41, 5.74) is 0. The summed E-state index contributed by atoms with van der Waals surface area (Å²) in [5, 5.41) is 16.4. The molecule has 3 N–H and O–H groups in total. The number of nitrogens with one attached hydrogen (secondary N) is 1. The molecular formula is C3H6N4S2. The quantitative estimate of drug-likeness (QED) is 0.622. The second-order valence-electron chi connectivity index (χ2n) is 1.24. The van der Waals surface area contributed by atoms with Crippen LogP contribution in [0.15, 0.2) is 4.34 Å². The number of aromatic nitrogens is 2. The molecule has 0 radical (unpaired) electrons. The predicted molar refractivity (Wildman–Crippen MR) is 39.5 cm³/mol. The van der Waals surface area contributed by atoms with Crippen molar-refractivity contribution < 1.29 is 0 Å². The number of hydrogen-bond donors (Lipinski definition) is 2. The summed E-state index contributed by atoms with van der Waals surface area (Å²) in [6, 6.07) is 0. The van der Waals surface area contributed by atoms with Crippen molar-refractivity contribution in [1.29, 1.82) is 0 Å². The first-order chi connectivity index (χ1) is 4.36. The van der Waals surface area contributed by atoms with Crippen LogP contribution >= 0.6 is 23.3 Å². The van der Waals surface area contributed by atoms with Crippen molar-refractivity contribution in [1.82, 2.24) is 10.2 Å². The first kappa shape index (κ1) is 6.79. The molecule has 0 unspecified atom stereocenters. The standard InChI is InChI=1S/C3H6N4S2/c1-5-2-6-7-3(8-2)9-4/h4H2,1H3,(H,5,6). The lowest BCUT2D eigenvalue weighted by Crippen LogP contribution is -1.84. The van der Waals surface area contributed by atoms with Gasteiger partial charge >= 0.3 is 0 Å². The third kappa shape index (κ3) is 1.54. The summed E-state index contributed by atoms with van der Waals surface area (Å²) in [4.78, 5) is 0. The van der Waals surface area contributed by atoms with E-state index in [1.807, 2.05) is 0 Å². The van der Waals surface area contributed by atoms with Gasteiger partial charge in [0.25, 0.3) is 0 Å². The number of nitrogens with zero attached hydrogens (tertiary/aromatic N) is 2. The lowest BCUT2D eigenvalue weighted by atomic mass is 11.1. The highest BCUT2D eigenvalue weighted by atomic mass is 32.2. The molecule has 0 fully saturated rings. The van der Waals surface area contributed by atoms with Gasteiger partial charge in [-0.1, -0.05) is 11.3 Å². The van der Waals surface area contributed by atoms with Crippen molar-refractivity contribution >= 4 is 28.4 Å². The molecule has 1 aromatic heterocycles. The highest BCUT2D eigenvalue weighted by Gasteiger charge is 1.98. The van der Waals surface area contributed by atoms with E-state index in [9.17, 15) is 0 Å². The van der Waals surface area contributed by atoms with E-state index in [1.54, 1.807) is 7.05 Å². The van der Waals surface area contributed by atoms with Gasteiger partial charge in [0.2, 0.25) is 5.13 Å².